The maximum absolute atomic E-state index is 5.45. The second kappa shape index (κ2) is 6.50. The van der Waals surface area contributed by atoms with Crippen molar-refractivity contribution in [2.75, 3.05) is 59.3 Å². The van der Waals surface area contributed by atoms with E-state index in [1.165, 1.54) is 5.69 Å². The van der Waals surface area contributed by atoms with Gasteiger partial charge in [-0.05, 0) is 12.1 Å². The first kappa shape index (κ1) is 14.5. The Labute approximate surface area is 121 Å². The highest BCUT2D eigenvalue weighted by Crippen LogP contribution is 2.28. The monoisotopic (exact) mass is 276 g/mol. The molecule has 1 saturated heterocycles. The lowest BCUT2D eigenvalue weighted by atomic mass is 10.2. The number of hydrogen-bond donors (Lipinski definition) is 0. The van der Waals surface area contributed by atoms with Gasteiger partial charge in [-0.1, -0.05) is 12.1 Å². The summed E-state index contributed by atoms with van der Waals surface area (Å²) in [6, 6.07) is 8.20. The van der Waals surface area contributed by atoms with E-state index in [0.29, 0.717) is 0 Å². The lowest BCUT2D eigenvalue weighted by Gasteiger charge is -2.39. The fourth-order valence-corrected chi connectivity index (χ4v) is 2.66. The van der Waals surface area contributed by atoms with E-state index in [-0.39, 0.29) is 0 Å². The number of methoxy groups -OCH3 is 1. The number of rotatable bonds is 2. The Balaban J connectivity index is 2.04. The molecule has 1 aromatic carbocycles. The average Bonchev–Trinajstić information content (AvgIpc) is 2.48. The molecule has 1 aliphatic rings. The zero-order valence-electron chi connectivity index (χ0n) is 12.8. The quantitative estimate of drug-likeness (QED) is 0.603. The summed E-state index contributed by atoms with van der Waals surface area (Å²) in [5.74, 6) is 1.99. The van der Waals surface area contributed by atoms with Gasteiger partial charge in [0, 0.05) is 47.3 Å². The molecule has 0 atom stereocenters. The number of ether oxygens (including phenoxy) is 1. The molecule has 5 heteroatoms. The van der Waals surface area contributed by atoms with Crippen LogP contribution in [0.15, 0.2) is 29.3 Å². The molecule has 1 heterocycles. The highest BCUT2D eigenvalue weighted by atomic mass is 16.5. The number of para-hydroxylation sites is 2. The highest BCUT2D eigenvalue weighted by Gasteiger charge is 2.22. The van der Waals surface area contributed by atoms with E-state index in [4.69, 9.17) is 4.74 Å². The van der Waals surface area contributed by atoms with E-state index in [9.17, 15) is 0 Å². The van der Waals surface area contributed by atoms with Crippen LogP contribution in [0.2, 0.25) is 0 Å². The Morgan fingerprint density at radius 3 is 2.35 bits per heavy atom. The maximum Gasteiger partial charge on any atom is 0.195 e. The maximum atomic E-state index is 5.45. The Bertz CT molecular complexity index is 465. The number of aliphatic imine (C=N–C) groups is 1. The van der Waals surface area contributed by atoms with Crippen molar-refractivity contribution in [3.05, 3.63) is 24.3 Å². The summed E-state index contributed by atoms with van der Waals surface area (Å²) in [5.41, 5.74) is 1.18. The van der Waals surface area contributed by atoms with E-state index in [2.05, 4.69) is 31.8 Å². The number of piperazine rings is 1. The van der Waals surface area contributed by atoms with Gasteiger partial charge in [0.25, 0.3) is 0 Å². The van der Waals surface area contributed by atoms with Gasteiger partial charge in [0.1, 0.15) is 5.75 Å². The molecule has 0 radical (unpaired) electrons. The van der Waals surface area contributed by atoms with Gasteiger partial charge < -0.3 is 19.4 Å². The van der Waals surface area contributed by atoms with Crippen LogP contribution in [0.1, 0.15) is 0 Å². The summed E-state index contributed by atoms with van der Waals surface area (Å²) in [4.78, 5) is 11.1. The summed E-state index contributed by atoms with van der Waals surface area (Å²) < 4.78 is 5.45. The predicted molar refractivity (Wildman–Crippen MR) is 83.8 cm³/mol. The Kier molecular flexibility index (Phi) is 4.71. The molecule has 0 saturated carbocycles. The van der Waals surface area contributed by atoms with Crippen LogP contribution in [0.25, 0.3) is 0 Å². The molecule has 20 heavy (non-hydrogen) atoms. The second-order valence-electron chi connectivity index (χ2n) is 5.06. The summed E-state index contributed by atoms with van der Waals surface area (Å²) in [7, 11) is 7.65. The van der Waals surface area contributed by atoms with Crippen molar-refractivity contribution in [2.24, 2.45) is 4.99 Å². The number of guanidine groups is 1. The Morgan fingerprint density at radius 1 is 1.15 bits per heavy atom. The minimum atomic E-state index is 0.943. The number of anilines is 1. The summed E-state index contributed by atoms with van der Waals surface area (Å²) in [5, 5.41) is 0. The van der Waals surface area contributed by atoms with Gasteiger partial charge >= 0.3 is 0 Å². The predicted octanol–water partition coefficient (Wildman–Crippen LogP) is 1.36. The third-order valence-corrected chi connectivity index (χ3v) is 3.59. The van der Waals surface area contributed by atoms with Crippen molar-refractivity contribution in [3.8, 4) is 5.75 Å². The van der Waals surface area contributed by atoms with E-state index in [1.54, 1.807) is 7.11 Å². The van der Waals surface area contributed by atoms with Crippen molar-refractivity contribution in [2.45, 2.75) is 0 Å². The first-order valence-corrected chi connectivity index (χ1v) is 6.94. The molecule has 0 spiro atoms. The van der Waals surface area contributed by atoms with Crippen LogP contribution < -0.4 is 9.64 Å². The number of hydrogen-bond acceptors (Lipinski definition) is 3. The van der Waals surface area contributed by atoms with Crippen molar-refractivity contribution in [1.29, 1.82) is 0 Å². The van der Waals surface area contributed by atoms with Gasteiger partial charge in [-0.3, -0.25) is 4.99 Å². The molecule has 0 N–H and O–H groups in total. The van der Waals surface area contributed by atoms with Crippen LogP contribution in [-0.4, -0.2) is 70.2 Å². The molecular formula is C15H24N4O. The average molecular weight is 276 g/mol. The first-order chi connectivity index (χ1) is 9.67. The summed E-state index contributed by atoms with van der Waals surface area (Å²) in [6.45, 7) is 3.91. The molecule has 0 bridgehead atoms. The van der Waals surface area contributed by atoms with E-state index >= 15 is 0 Å². The zero-order valence-corrected chi connectivity index (χ0v) is 12.8. The Morgan fingerprint density at radius 2 is 1.80 bits per heavy atom. The van der Waals surface area contributed by atoms with E-state index in [1.807, 2.05) is 33.3 Å². The third-order valence-electron chi connectivity index (χ3n) is 3.59. The lowest BCUT2D eigenvalue weighted by molar-refractivity contribution is 0.340. The van der Waals surface area contributed by atoms with Gasteiger partial charge in [-0.25, -0.2) is 0 Å². The van der Waals surface area contributed by atoms with Gasteiger partial charge in [0.15, 0.2) is 5.96 Å². The second-order valence-corrected chi connectivity index (χ2v) is 5.06. The van der Waals surface area contributed by atoms with Crippen LogP contribution in [0, 0.1) is 0 Å². The standard InChI is InChI=1S/C15H24N4O/c1-16-15(17(2)3)19-11-9-18(10-12-19)13-7-5-6-8-14(13)20-4/h5-8H,9-12H2,1-4H3. The van der Waals surface area contributed by atoms with Crippen molar-refractivity contribution in [1.82, 2.24) is 9.80 Å². The molecule has 110 valence electrons. The third kappa shape index (κ3) is 2.98. The smallest absolute Gasteiger partial charge is 0.195 e. The molecule has 0 aliphatic carbocycles. The van der Waals surface area contributed by atoms with Crippen LogP contribution in [-0.2, 0) is 0 Å². The lowest BCUT2D eigenvalue weighted by Crippen LogP contribution is -2.52. The molecule has 1 aromatic rings. The highest BCUT2D eigenvalue weighted by molar-refractivity contribution is 5.79. The van der Waals surface area contributed by atoms with E-state index in [0.717, 1.165) is 37.9 Å². The van der Waals surface area contributed by atoms with E-state index < -0.39 is 0 Å². The number of nitrogens with zero attached hydrogens (tertiary/aromatic N) is 4. The topological polar surface area (TPSA) is 31.3 Å². The van der Waals surface area contributed by atoms with Gasteiger partial charge in [0.05, 0.1) is 12.8 Å². The Hall–Kier alpha value is -1.91. The summed E-state index contributed by atoms with van der Waals surface area (Å²) >= 11 is 0. The minimum absolute atomic E-state index is 0.943. The zero-order chi connectivity index (χ0) is 14.5. The van der Waals surface area contributed by atoms with Crippen molar-refractivity contribution < 1.29 is 4.74 Å². The van der Waals surface area contributed by atoms with Gasteiger partial charge in [0.2, 0.25) is 0 Å². The summed E-state index contributed by atoms with van der Waals surface area (Å²) in [6.07, 6.45) is 0. The molecule has 5 nitrogen and oxygen atoms in total. The van der Waals surface area contributed by atoms with Gasteiger partial charge in [-0.15, -0.1) is 0 Å². The van der Waals surface area contributed by atoms with Crippen LogP contribution in [0.3, 0.4) is 0 Å². The van der Waals surface area contributed by atoms with Crippen LogP contribution in [0.4, 0.5) is 5.69 Å². The molecule has 1 fully saturated rings. The number of benzene rings is 1. The molecule has 0 amide bonds. The largest absolute Gasteiger partial charge is 0.495 e. The molecular weight excluding hydrogens is 252 g/mol. The molecule has 1 aliphatic heterocycles. The SMILES string of the molecule is CN=C(N(C)C)N1CCN(c2ccccc2OC)CC1. The molecule has 0 aromatic heterocycles. The first-order valence-electron chi connectivity index (χ1n) is 6.94. The molecule has 0 unspecified atom stereocenters. The van der Waals surface area contributed by atoms with Gasteiger partial charge in [-0.2, -0.15) is 0 Å². The van der Waals surface area contributed by atoms with Crippen molar-refractivity contribution in [3.63, 3.8) is 0 Å². The van der Waals surface area contributed by atoms with Crippen LogP contribution >= 0.6 is 0 Å². The van der Waals surface area contributed by atoms with Crippen LogP contribution in [0.5, 0.6) is 5.75 Å². The minimum Gasteiger partial charge on any atom is -0.495 e. The van der Waals surface area contributed by atoms with Crippen molar-refractivity contribution >= 4 is 11.6 Å². The molecule has 2 rings (SSSR count). The fraction of sp³-hybridized carbons (Fsp3) is 0.533. The fourth-order valence-electron chi connectivity index (χ4n) is 2.66. The normalized spacial score (nSPS) is 16.3.